The van der Waals surface area contributed by atoms with Crippen molar-refractivity contribution in [3.05, 3.63) is 58.7 Å². The van der Waals surface area contributed by atoms with Crippen LogP contribution in [0.25, 0.3) is 10.5 Å². The third kappa shape index (κ3) is 2.58. The van der Waals surface area contributed by atoms with Crippen molar-refractivity contribution in [3.63, 3.8) is 0 Å². The van der Waals surface area contributed by atoms with E-state index in [0.29, 0.717) is 17.3 Å². The van der Waals surface area contributed by atoms with E-state index in [9.17, 15) is 10.2 Å². The van der Waals surface area contributed by atoms with Crippen LogP contribution in [-0.2, 0) is 0 Å². The van der Waals surface area contributed by atoms with Crippen LogP contribution in [0.1, 0.15) is 46.7 Å². The number of thiazole rings is 1. The van der Waals surface area contributed by atoms with Gasteiger partial charge in [-0.2, -0.15) is 5.26 Å². The van der Waals surface area contributed by atoms with Gasteiger partial charge in [0.15, 0.2) is 0 Å². The maximum Gasteiger partial charge on any atom is 0.141 e. The van der Waals surface area contributed by atoms with E-state index in [1.807, 2.05) is 10.5 Å². The highest BCUT2D eigenvalue weighted by atomic mass is 32.1. The fraction of sp³-hybridized carbons (Fsp3) is 0.222. The molecule has 4 aromatic rings. The number of aromatic nitrogens is 5. The van der Waals surface area contributed by atoms with E-state index in [4.69, 9.17) is 5.26 Å². The van der Waals surface area contributed by atoms with Crippen LogP contribution < -0.4 is 0 Å². The van der Waals surface area contributed by atoms with Crippen LogP contribution in [0.3, 0.4) is 0 Å². The molecular formula is C18H14N6O2S. The molecule has 1 aliphatic carbocycles. The molecule has 3 aromatic heterocycles. The van der Waals surface area contributed by atoms with Crippen LogP contribution in [0.2, 0.25) is 0 Å². The lowest BCUT2D eigenvalue weighted by Gasteiger charge is -2.09. The summed E-state index contributed by atoms with van der Waals surface area (Å²) in [7, 11) is 0. The summed E-state index contributed by atoms with van der Waals surface area (Å²) in [6, 6.07) is 6.53. The number of fused-ring (bicyclic) bond motifs is 1. The number of aliphatic hydroxyl groups is 1. The Balaban J connectivity index is 1.53. The van der Waals surface area contributed by atoms with E-state index in [-0.39, 0.29) is 11.3 Å². The van der Waals surface area contributed by atoms with Crippen molar-refractivity contribution in [2.45, 2.75) is 24.9 Å². The Morgan fingerprint density at radius 2 is 2.19 bits per heavy atom. The van der Waals surface area contributed by atoms with Gasteiger partial charge in [0.2, 0.25) is 0 Å². The molecule has 1 aromatic carbocycles. The molecule has 0 aliphatic heterocycles. The second kappa shape index (κ2) is 5.90. The molecule has 0 bridgehead atoms. The largest absolute Gasteiger partial charge is 0.506 e. The summed E-state index contributed by atoms with van der Waals surface area (Å²) in [4.78, 5) is 6.33. The molecule has 1 fully saturated rings. The molecule has 0 saturated heterocycles. The van der Waals surface area contributed by atoms with Crippen LogP contribution in [0.15, 0.2) is 36.9 Å². The molecule has 3 heterocycles. The standard InChI is InChI=1S/C18H14N6O2S/c19-6-11-3-4-12(5-14(11)25)24-8-13(21-22-24)17(26)16-18(10-1-2-10)27-15-7-20-9-23(15)16/h3-5,7-10,17,25-26H,1-2H2. The topological polar surface area (TPSA) is 112 Å². The molecule has 0 spiro atoms. The van der Waals surface area contributed by atoms with Crippen molar-refractivity contribution in [2.24, 2.45) is 0 Å². The van der Waals surface area contributed by atoms with E-state index < -0.39 is 6.10 Å². The van der Waals surface area contributed by atoms with E-state index >= 15 is 0 Å². The van der Waals surface area contributed by atoms with Gasteiger partial charge < -0.3 is 10.2 Å². The summed E-state index contributed by atoms with van der Waals surface area (Å²) in [5, 5.41) is 38.0. The lowest BCUT2D eigenvalue weighted by molar-refractivity contribution is 0.208. The predicted molar refractivity (Wildman–Crippen MR) is 96.8 cm³/mol. The molecule has 134 valence electrons. The monoisotopic (exact) mass is 378 g/mol. The fourth-order valence-electron chi connectivity index (χ4n) is 3.15. The lowest BCUT2D eigenvalue weighted by Crippen LogP contribution is -2.06. The van der Waals surface area contributed by atoms with Gasteiger partial charge in [0.1, 0.15) is 34.8 Å². The Hall–Kier alpha value is -3.22. The molecular weight excluding hydrogens is 364 g/mol. The van der Waals surface area contributed by atoms with Crippen LogP contribution in [0.4, 0.5) is 0 Å². The molecule has 1 aliphatic rings. The lowest BCUT2D eigenvalue weighted by atomic mass is 10.1. The van der Waals surface area contributed by atoms with Crippen LogP contribution in [-0.4, -0.2) is 34.6 Å². The summed E-state index contributed by atoms with van der Waals surface area (Å²) in [5.41, 5.74) is 1.95. The summed E-state index contributed by atoms with van der Waals surface area (Å²) in [5.74, 6) is 0.367. The second-order valence-electron chi connectivity index (χ2n) is 6.53. The number of nitriles is 1. The number of imidazole rings is 1. The van der Waals surface area contributed by atoms with Gasteiger partial charge in [0, 0.05) is 10.9 Å². The van der Waals surface area contributed by atoms with Gasteiger partial charge in [-0.25, -0.2) is 9.67 Å². The quantitative estimate of drug-likeness (QED) is 0.564. The van der Waals surface area contributed by atoms with E-state index in [0.717, 1.165) is 23.4 Å². The Morgan fingerprint density at radius 3 is 2.93 bits per heavy atom. The Kier molecular flexibility index (Phi) is 3.50. The molecule has 5 rings (SSSR count). The molecule has 8 nitrogen and oxygen atoms in total. The van der Waals surface area contributed by atoms with E-state index in [1.54, 1.807) is 36.1 Å². The Labute approximate surface area is 157 Å². The second-order valence-corrected chi connectivity index (χ2v) is 7.59. The third-order valence-electron chi connectivity index (χ3n) is 4.70. The highest BCUT2D eigenvalue weighted by molar-refractivity contribution is 7.17. The van der Waals surface area contributed by atoms with Gasteiger partial charge in [-0.05, 0) is 30.9 Å². The Bertz CT molecular complexity index is 1200. The highest BCUT2D eigenvalue weighted by Crippen LogP contribution is 2.47. The SMILES string of the molecule is N#Cc1ccc(-n2cc(C(O)c3c(C4CC4)sc4cncn34)nn2)cc1O. The van der Waals surface area contributed by atoms with Crippen molar-refractivity contribution in [3.8, 4) is 17.5 Å². The van der Waals surface area contributed by atoms with Crippen molar-refractivity contribution in [1.82, 2.24) is 24.4 Å². The first-order valence-electron chi connectivity index (χ1n) is 8.44. The fourth-order valence-corrected chi connectivity index (χ4v) is 4.45. The molecule has 1 atom stereocenters. The number of aromatic hydroxyl groups is 1. The minimum absolute atomic E-state index is 0.124. The summed E-state index contributed by atoms with van der Waals surface area (Å²) < 4.78 is 3.38. The molecule has 1 saturated carbocycles. The van der Waals surface area contributed by atoms with Crippen molar-refractivity contribution in [1.29, 1.82) is 5.26 Å². The van der Waals surface area contributed by atoms with Gasteiger partial charge in [-0.3, -0.25) is 4.40 Å². The number of phenolic OH excluding ortho intramolecular Hbond substituents is 1. The molecule has 1 unspecified atom stereocenters. The highest BCUT2D eigenvalue weighted by Gasteiger charge is 2.33. The number of rotatable bonds is 4. The van der Waals surface area contributed by atoms with Crippen molar-refractivity contribution < 1.29 is 10.2 Å². The molecule has 0 amide bonds. The van der Waals surface area contributed by atoms with E-state index in [1.165, 1.54) is 21.7 Å². The van der Waals surface area contributed by atoms with Gasteiger partial charge in [0.05, 0.1) is 29.3 Å². The smallest absolute Gasteiger partial charge is 0.141 e. The minimum atomic E-state index is -0.927. The summed E-state index contributed by atoms with van der Waals surface area (Å²) in [6.07, 6.45) is 6.47. The van der Waals surface area contributed by atoms with Crippen molar-refractivity contribution >= 4 is 16.2 Å². The van der Waals surface area contributed by atoms with Crippen LogP contribution in [0, 0.1) is 11.3 Å². The zero-order chi connectivity index (χ0) is 18.5. The van der Waals surface area contributed by atoms with Crippen LogP contribution >= 0.6 is 11.3 Å². The molecule has 27 heavy (non-hydrogen) atoms. The van der Waals surface area contributed by atoms with Gasteiger partial charge in [-0.15, -0.1) is 16.4 Å². The van der Waals surface area contributed by atoms with Gasteiger partial charge in [0.25, 0.3) is 0 Å². The van der Waals surface area contributed by atoms with Crippen molar-refractivity contribution in [2.75, 3.05) is 0 Å². The zero-order valence-electron chi connectivity index (χ0n) is 14.0. The van der Waals surface area contributed by atoms with E-state index in [2.05, 4.69) is 15.3 Å². The zero-order valence-corrected chi connectivity index (χ0v) is 14.8. The van der Waals surface area contributed by atoms with Crippen LogP contribution in [0.5, 0.6) is 5.75 Å². The maximum atomic E-state index is 11.0. The number of hydrogen-bond acceptors (Lipinski definition) is 7. The number of phenols is 1. The molecule has 9 heteroatoms. The maximum absolute atomic E-state index is 11.0. The first kappa shape index (κ1) is 16.0. The number of benzene rings is 1. The third-order valence-corrected chi connectivity index (χ3v) is 5.97. The Morgan fingerprint density at radius 1 is 1.33 bits per heavy atom. The minimum Gasteiger partial charge on any atom is -0.506 e. The first-order valence-corrected chi connectivity index (χ1v) is 9.26. The van der Waals surface area contributed by atoms with Gasteiger partial charge in [-0.1, -0.05) is 5.21 Å². The number of nitrogens with zero attached hydrogens (tertiary/aromatic N) is 6. The first-order chi connectivity index (χ1) is 13.2. The number of hydrogen-bond donors (Lipinski definition) is 2. The predicted octanol–water partition coefficient (Wildman–Crippen LogP) is 2.51. The average molecular weight is 378 g/mol. The summed E-state index contributed by atoms with van der Waals surface area (Å²) >= 11 is 1.66. The average Bonchev–Trinajstić information content (AvgIpc) is 3.08. The van der Waals surface area contributed by atoms with Gasteiger partial charge >= 0.3 is 0 Å². The molecule has 2 N–H and O–H groups in total. The normalized spacial score (nSPS) is 15.1. The molecule has 0 radical (unpaired) electrons. The summed E-state index contributed by atoms with van der Waals surface area (Å²) in [6.45, 7) is 0. The number of aliphatic hydroxyl groups excluding tert-OH is 1.